The number of amides is 1. The molecule has 0 bridgehead atoms. The minimum absolute atomic E-state index is 0.00395. The highest BCUT2D eigenvalue weighted by atomic mass is 32.1. The second kappa shape index (κ2) is 7.49. The first-order valence-corrected chi connectivity index (χ1v) is 9.97. The lowest BCUT2D eigenvalue weighted by Crippen LogP contribution is -2.37. The molecule has 0 saturated heterocycles. The van der Waals surface area contributed by atoms with Crippen LogP contribution in [0.1, 0.15) is 28.1 Å². The molecule has 0 saturated carbocycles. The summed E-state index contributed by atoms with van der Waals surface area (Å²) in [5, 5.41) is 6.08. The third-order valence-corrected chi connectivity index (χ3v) is 6.15. The van der Waals surface area contributed by atoms with Gasteiger partial charge in [-0.25, -0.2) is 9.97 Å². The van der Waals surface area contributed by atoms with Crippen LogP contribution in [0.15, 0.2) is 17.5 Å². The number of likely N-dealkylation sites (N-methyl/N-ethyl adjacent to an activating group) is 1. The summed E-state index contributed by atoms with van der Waals surface area (Å²) >= 11 is 3.33. The summed E-state index contributed by atoms with van der Waals surface area (Å²) in [5.41, 5.74) is 1.20. The Labute approximate surface area is 155 Å². The molecule has 0 atom stereocenters. The van der Waals surface area contributed by atoms with E-state index < -0.39 is 0 Å². The molecular formula is C18H22N4OS2. The molecule has 3 aromatic heterocycles. The second-order valence-corrected chi connectivity index (χ2v) is 8.16. The van der Waals surface area contributed by atoms with E-state index in [1.54, 1.807) is 22.7 Å². The number of hydrogen-bond acceptors (Lipinski definition) is 6. The average molecular weight is 375 g/mol. The number of anilines is 1. The summed E-state index contributed by atoms with van der Waals surface area (Å²) in [6, 6.07) is 4.02. The molecule has 3 rings (SSSR count). The summed E-state index contributed by atoms with van der Waals surface area (Å²) < 4.78 is 0. The van der Waals surface area contributed by atoms with Crippen molar-refractivity contribution < 1.29 is 4.79 Å². The van der Waals surface area contributed by atoms with Crippen LogP contribution in [0.2, 0.25) is 0 Å². The Kier molecular flexibility index (Phi) is 5.34. The number of carbonyl (C=O) groups is 1. The van der Waals surface area contributed by atoms with Crippen molar-refractivity contribution in [3.63, 3.8) is 0 Å². The van der Waals surface area contributed by atoms with E-state index in [-0.39, 0.29) is 5.91 Å². The van der Waals surface area contributed by atoms with Crippen molar-refractivity contribution in [2.75, 3.05) is 18.0 Å². The molecule has 0 fully saturated rings. The smallest absolute Gasteiger partial charge is 0.239 e. The maximum absolute atomic E-state index is 12.4. The average Bonchev–Trinajstić information content (AvgIpc) is 3.19. The summed E-state index contributed by atoms with van der Waals surface area (Å²) in [6.45, 7) is 9.73. The van der Waals surface area contributed by atoms with Crippen molar-refractivity contribution in [3.8, 4) is 0 Å². The predicted octanol–water partition coefficient (Wildman–Crippen LogP) is 3.82. The molecule has 3 aromatic rings. The Bertz CT molecular complexity index is 886. The van der Waals surface area contributed by atoms with Crippen LogP contribution in [0, 0.1) is 20.8 Å². The lowest BCUT2D eigenvalue weighted by Gasteiger charge is -2.22. The van der Waals surface area contributed by atoms with Gasteiger partial charge in [-0.3, -0.25) is 4.79 Å². The van der Waals surface area contributed by atoms with Crippen molar-refractivity contribution >= 4 is 44.6 Å². The maximum Gasteiger partial charge on any atom is 0.239 e. The van der Waals surface area contributed by atoms with E-state index in [1.165, 1.54) is 10.4 Å². The first-order valence-electron chi connectivity index (χ1n) is 8.28. The molecule has 0 aliphatic heterocycles. The van der Waals surface area contributed by atoms with Crippen LogP contribution < -0.4 is 10.2 Å². The highest BCUT2D eigenvalue weighted by molar-refractivity contribution is 7.18. The lowest BCUT2D eigenvalue weighted by atomic mass is 10.2. The van der Waals surface area contributed by atoms with E-state index in [0.717, 1.165) is 26.7 Å². The van der Waals surface area contributed by atoms with Gasteiger partial charge in [-0.05, 0) is 44.7 Å². The zero-order chi connectivity index (χ0) is 18.0. The summed E-state index contributed by atoms with van der Waals surface area (Å²) in [5.74, 6) is 1.60. The monoisotopic (exact) mass is 374 g/mol. The number of hydrogen-bond donors (Lipinski definition) is 1. The molecule has 0 aromatic carbocycles. The first kappa shape index (κ1) is 17.8. The maximum atomic E-state index is 12.4. The minimum Gasteiger partial charge on any atom is -0.350 e. The number of nitrogens with zero attached hydrogens (tertiary/aromatic N) is 3. The van der Waals surface area contributed by atoms with Gasteiger partial charge in [0, 0.05) is 16.3 Å². The van der Waals surface area contributed by atoms with E-state index in [2.05, 4.69) is 29.1 Å². The highest BCUT2D eigenvalue weighted by Gasteiger charge is 2.19. The van der Waals surface area contributed by atoms with E-state index in [1.807, 2.05) is 36.3 Å². The van der Waals surface area contributed by atoms with Gasteiger partial charge in [0.2, 0.25) is 5.91 Å². The summed E-state index contributed by atoms with van der Waals surface area (Å²) in [6.07, 6.45) is 0. The quantitative estimate of drug-likeness (QED) is 0.713. The minimum atomic E-state index is 0.00395. The Balaban J connectivity index is 1.83. The molecule has 7 heteroatoms. The van der Waals surface area contributed by atoms with Crippen molar-refractivity contribution in [1.29, 1.82) is 0 Å². The van der Waals surface area contributed by atoms with Gasteiger partial charge in [-0.15, -0.1) is 22.7 Å². The fourth-order valence-corrected chi connectivity index (χ4v) is 4.44. The molecule has 25 heavy (non-hydrogen) atoms. The number of aromatic nitrogens is 2. The van der Waals surface area contributed by atoms with E-state index in [0.29, 0.717) is 19.6 Å². The van der Waals surface area contributed by atoms with Gasteiger partial charge in [-0.1, -0.05) is 6.07 Å². The van der Waals surface area contributed by atoms with Gasteiger partial charge in [0.15, 0.2) is 0 Å². The number of fused-ring (bicyclic) bond motifs is 1. The lowest BCUT2D eigenvalue weighted by molar-refractivity contribution is -0.119. The van der Waals surface area contributed by atoms with Gasteiger partial charge < -0.3 is 10.2 Å². The largest absolute Gasteiger partial charge is 0.350 e. The molecule has 132 valence electrons. The fourth-order valence-electron chi connectivity index (χ4n) is 2.73. The summed E-state index contributed by atoms with van der Waals surface area (Å²) in [7, 11) is 0. The molecule has 0 aliphatic carbocycles. The third kappa shape index (κ3) is 3.82. The van der Waals surface area contributed by atoms with E-state index >= 15 is 0 Å². The zero-order valence-electron chi connectivity index (χ0n) is 14.9. The number of carbonyl (C=O) groups excluding carboxylic acids is 1. The molecule has 0 unspecified atom stereocenters. The Morgan fingerprint density at radius 3 is 2.76 bits per heavy atom. The molecule has 1 amide bonds. The van der Waals surface area contributed by atoms with Crippen molar-refractivity contribution in [1.82, 2.24) is 15.3 Å². The van der Waals surface area contributed by atoms with Gasteiger partial charge in [0.05, 0.1) is 18.5 Å². The van der Waals surface area contributed by atoms with E-state index in [9.17, 15) is 4.79 Å². The SMILES string of the molecule is CCN(CC(=O)NCc1cccs1)c1nc(C)nc2sc(C)c(C)c12. The van der Waals surface area contributed by atoms with Gasteiger partial charge >= 0.3 is 0 Å². The number of nitrogens with one attached hydrogen (secondary N) is 1. The molecule has 5 nitrogen and oxygen atoms in total. The molecular weight excluding hydrogens is 352 g/mol. The number of aryl methyl sites for hydroxylation is 3. The molecule has 0 spiro atoms. The van der Waals surface area contributed by atoms with Crippen LogP contribution in [0.4, 0.5) is 5.82 Å². The van der Waals surface area contributed by atoms with E-state index in [4.69, 9.17) is 0 Å². The summed E-state index contributed by atoms with van der Waals surface area (Å²) in [4.78, 5) is 27.0. The zero-order valence-corrected chi connectivity index (χ0v) is 16.6. The van der Waals surface area contributed by atoms with Crippen LogP contribution >= 0.6 is 22.7 Å². The fraction of sp³-hybridized carbons (Fsp3) is 0.389. The third-order valence-electron chi connectivity index (χ3n) is 4.18. The Morgan fingerprint density at radius 2 is 2.08 bits per heavy atom. The molecule has 1 N–H and O–H groups in total. The topological polar surface area (TPSA) is 58.1 Å². The van der Waals surface area contributed by atoms with Crippen LogP contribution in [0.5, 0.6) is 0 Å². The van der Waals surface area contributed by atoms with Crippen LogP contribution in [-0.2, 0) is 11.3 Å². The normalized spacial score (nSPS) is 11.0. The molecule has 0 radical (unpaired) electrons. The van der Waals surface area contributed by atoms with Gasteiger partial charge in [0.1, 0.15) is 16.5 Å². The first-order chi connectivity index (χ1) is 12.0. The predicted molar refractivity (Wildman–Crippen MR) is 106 cm³/mol. The van der Waals surface area contributed by atoms with Crippen molar-refractivity contribution in [2.45, 2.75) is 34.2 Å². The molecule has 3 heterocycles. The van der Waals surface area contributed by atoms with Crippen LogP contribution in [0.25, 0.3) is 10.2 Å². The number of thiophene rings is 2. The van der Waals surface area contributed by atoms with Crippen LogP contribution in [-0.4, -0.2) is 29.0 Å². The highest BCUT2D eigenvalue weighted by Crippen LogP contribution is 2.34. The van der Waals surface area contributed by atoms with Gasteiger partial charge in [-0.2, -0.15) is 0 Å². The number of rotatable bonds is 6. The van der Waals surface area contributed by atoms with Crippen molar-refractivity contribution in [3.05, 3.63) is 38.7 Å². The molecule has 0 aliphatic rings. The second-order valence-electron chi connectivity index (χ2n) is 5.93. The Hall–Kier alpha value is -1.99. The standard InChI is InChI=1S/C18H22N4OS2/c1-5-22(10-15(23)19-9-14-7-6-8-24-14)17-16-11(2)12(3)25-18(16)21-13(4)20-17/h6-8H,5,9-10H2,1-4H3,(H,19,23). The van der Waals surface area contributed by atoms with Crippen LogP contribution in [0.3, 0.4) is 0 Å². The van der Waals surface area contributed by atoms with Gasteiger partial charge in [0.25, 0.3) is 0 Å². The van der Waals surface area contributed by atoms with Crippen molar-refractivity contribution in [2.24, 2.45) is 0 Å². The Morgan fingerprint density at radius 1 is 1.28 bits per heavy atom.